The lowest BCUT2D eigenvalue weighted by atomic mass is 10.1. The fourth-order valence-corrected chi connectivity index (χ4v) is 1.92. The Bertz CT molecular complexity index is 516. The zero-order valence-electron chi connectivity index (χ0n) is 10.9. The molecule has 0 aliphatic carbocycles. The van der Waals surface area contributed by atoms with Crippen molar-refractivity contribution in [1.82, 2.24) is 15.1 Å². The van der Waals surface area contributed by atoms with Crippen molar-refractivity contribution in [3.63, 3.8) is 0 Å². The Labute approximate surface area is 107 Å². The fourth-order valence-electron chi connectivity index (χ4n) is 1.92. The summed E-state index contributed by atoms with van der Waals surface area (Å²) in [6.07, 6.45) is 1.89. The molecule has 0 fully saturated rings. The van der Waals surface area contributed by atoms with Gasteiger partial charge in [0.25, 0.3) is 0 Å². The van der Waals surface area contributed by atoms with Crippen LogP contribution in [0.15, 0.2) is 30.5 Å². The number of nitrogens with zero attached hydrogens (tertiary/aromatic N) is 2. The Morgan fingerprint density at radius 1 is 1.33 bits per heavy atom. The summed E-state index contributed by atoms with van der Waals surface area (Å²) in [6.45, 7) is 4.88. The molecule has 0 spiro atoms. The van der Waals surface area contributed by atoms with Crippen LogP contribution in [-0.4, -0.2) is 9.78 Å². The highest BCUT2D eigenvalue weighted by atomic mass is 19.1. The van der Waals surface area contributed by atoms with Crippen molar-refractivity contribution < 1.29 is 4.39 Å². The molecule has 1 atom stereocenters. The Kier molecular flexibility index (Phi) is 3.77. The van der Waals surface area contributed by atoms with Gasteiger partial charge in [-0.15, -0.1) is 0 Å². The molecular formula is C14H18FN3. The van der Waals surface area contributed by atoms with E-state index in [2.05, 4.69) is 24.3 Å². The van der Waals surface area contributed by atoms with Crippen molar-refractivity contribution in [3.05, 3.63) is 53.1 Å². The monoisotopic (exact) mass is 247 g/mol. The number of nitrogens with one attached hydrogen (secondary N) is 1. The van der Waals surface area contributed by atoms with E-state index in [9.17, 15) is 4.39 Å². The number of halogens is 1. The highest BCUT2D eigenvalue weighted by molar-refractivity contribution is 5.21. The largest absolute Gasteiger partial charge is 0.306 e. The lowest BCUT2D eigenvalue weighted by Crippen LogP contribution is -2.18. The van der Waals surface area contributed by atoms with Crippen molar-refractivity contribution in [2.24, 2.45) is 7.05 Å². The van der Waals surface area contributed by atoms with E-state index >= 15 is 0 Å². The zero-order chi connectivity index (χ0) is 13.1. The quantitative estimate of drug-likeness (QED) is 0.900. The van der Waals surface area contributed by atoms with Crippen molar-refractivity contribution in [1.29, 1.82) is 0 Å². The van der Waals surface area contributed by atoms with Crippen LogP contribution in [0.4, 0.5) is 4.39 Å². The maximum Gasteiger partial charge on any atom is 0.123 e. The summed E-state index contributed by atoms with van der Waals surface area (Å²) in [5, 5.41) is 7.64. The summed E-state index contributed by atoms with van der Waals surface area (Å²) in [5.74, 6) is -0.199. The average molecular weight is 247 g/mol. The molecule has 2 aromatic rings. The van der Waals surface area contributed by atoms with Crippen LogP contribution >= 0.6 is 0 Å². The maximum atomic E-state index is 12.8. The number of hydrogen-bond acceptors (Lipinski definition) is 2. The topological polar surface area (TPSA) is 29.9 Å². The van der Waals surface area contributed by atoms with Crippen LogP contribution in [-0.2, 0) is 13.6 Å². The minimum absolute atomic E-state index is 0.199. The zero-order valence-corrected chi connectivity index (χ0v) is 10.9. The SMILES string of the molecule is Cc1c(C(C)NCc2ccc(F)cc2)cnn1C. The van der Waals surface area contributed by atoms with Gasteiger partial charge in [0.05, 0.1) is 6.20 Å². The molecule has 1 aromatic heterocycles. The summed E-state index contributed by atoms with van der Waals surface area (Å²) >= 11 is 0. The van der Waals surface area contributed by atoms with Gasteiger partial charge in [-0.05, 0) is 31.5 Å². The Hall–Kier alpha value is -1.68. The third-order valence-electron chi connectivity index (χ3n) is 3.27. The van der Waals surface area contributed by atoms with Gasteiger partial charge >= 0.3 is 0 Å². The first kappa shape index (κ1) is 12.8. The Morgan fingerprint density at radius 3 is 2.56 bits per heavy atom. The fraction of sp³-hybridized carbons (Fsp3) is 0.357. The van der Waals surface area contributed by atoms with Crippen LogP contribution in [0.25, 0.3) is 0 Å². The van der Waals surface area contributed by atoms with Crippen molar-refractivity contribution in [2.45, 2.75) is 26.4 Å². The molecular weight excluding hydrogens is 229 g/mol. The smallest absolute Gasteiger partial charge is 0.123 e. The van der Waals surface area contributed by atoms with E-state index in [-0.39, 0.29) is 11.9 Å². The van der Waals surface area contributed by atoms with Gasteiger partial charge in [-0.1, -0.05) is 12.1 Å². The van der Waals surface area contributed by atoms with Gasteiger partial charge in [0.15, 0.2) is 0 Å². The van der Waals surface area contributed by atoms with Gasteiger partial charge < -0.3 is 5.32 Å². The molecule has 3 nitrogen and oxygen atoms in total. The first-order valence-electron chi connectivity index (χ1n) is 6.04. The molecule has 1 heterocycles. The minimum Gasteiger partial charge on any atom is -0.306 e. The highest BCUT2D eigenvalue weighted by Gasteiger charge is 2.11. The molecule has 0 aliphatic rings. The van der Waals surface area contributed by atoms with Crippen LogP contribution in [0.3, 0.4) is 0 Å². The van der Waals surface area contributed by atoms with E-state index in [1.165, 1.54) is 17.7 Å². The summed E-state index contributed by atoms with van der Waals surface area (Å²) in [7, 11) is 1.94. The third kappa shape index (κ3) is 2.76. The first-order valence-corrected chi connectivity index (χ1v) is 6.04. The molecule has 1 unspecified atom stereocenters. The van der Waals surface area contributed by atoms with Gasteiger partial charge in [0.1, 0.15) is 5.82 Å². The van der Waals surface area contributed by atoms with Crippen LogP contribution in [0, 0.1) is 12.7 Å². The normalized spacial score (nSPS) is 12.7. The van der Waals surface area contributed by atoms with Crippen LogP contribution < -0.4 is 5.32 Å². The van der Waals surface area contributed by atoms with E-state index < -0.39 is 0 Å². The second-order valence-electron chi connectivity index (χ2n) is 4.54. The average Bonchev–Trinajstić information content (AvgIpc) is 2.69. The van der Waals surface area contributed by atoms with Crippen molar-refractivity contribution >= 4 is 0 Å². The minimum atomic E-state index is -0.199. The van der Waals surface area contributed by atoms with Gasteiger partial charge in [-0.25, -0.2) is 4.39 Å². The second kappa shape index (κ2) is 5.31. The predicted molar refractivity (Wildman–Crippen MR) is 69.6 cm³/mol. The van der Waals surface area contributed by atoms with Gasteiger partial charge in [0, 0.05) is 30.9 Å². The van der Waals surface area contributed by atoms with Crippen LogP contribution in [0.5, 0.6) is 0 Å². The first-order chi connectivity index (χ1) is 8.58. The van der Waals surface area contributed by atoms with Gasteiger partial charge in [-0.3, -0.25) is 4.68 Å². The van der Waals surface area contributed by atoms with E-state index in [0.29, 0.717) is 0 Å². The molecule has 4 heteroatoms. The molecule has 0 radical (unpaired) electrons. The molecule has 1 aromatic carbocycles. The number of aromatic nitrogens is 2. The summed E-state index contributed by atoms with van der Waals surface area (Å²) < 4.78 is 14.6. The molecule has 2 rings (SSSR count). The van der Waals surface area contributed by atoms with Gasteiger partial charge in [-0.2, -0.15) is 5.10 Å². The molecule has 0 saturated carbocycles. The molecule has 18 heavy (non-hydrogen) atoms. The Balaban J connectivity index is 1.98. The van der Waals surface area contributed by atoms with Gasteiger partial charge in [0.2, 0.25) is 0 Å². The van der Waals surface area contributed by atoms with Crippen molar-refractivity contribution in [2.75, 3.05) is 0 Å². The number of rotatable bonds is 4. The molecule has 0 amide bonds. The Morgan fingerprint density at radius 2 is 2.00 bits per heavy atom. The van der Waals surface area contributed by atoms with E-state index in [4.69, 9.17) is 0 Å². The van der Waals surface area contributed by atoms with E-state index in [1.807, 2.05) is 17.9 Å². The number of hydrogen-bond donors (Lipinski definition) is 1. The number of aryl methyl sites for hydroxylation is 1. The summed E-state index contributed by atoms with van der Waals surface area (Å²) in [5.41, 5.74) is 3.43. The third-order valence-corrected chi connectivity index (χ3v) is 3.27. The highest BCUT2D eigenvalue weighted by Crippen LogP contribution is 2.16. The molecule has 0 aliphatic heterocycles. The molecule has 96 valence electrons. The number of benzene rings is 1. The lowest BCUT2D eigenvalue weighted by Gasteiger charge is -2.13. The molecule has 0 saturated heterocycles. The predicted octanol–water partition coefficient (Wildman–Crippen LogP) is 2.72. The maximum absolute atomic E-state index is 12.8. The summed E-state index contributed by atoms with van der Waals surface area (Å²) in [6, 6.07) is 6.79. The summed E-state index contributed by atoms with van der Waals surface area (Å²) in [4.78, 5) is 0. The van der Waals surface area contributed by atoms with E-state index in [1.54, 1.807) is 12.1 Å². The van der Waals surface area contributed by atoms with Crippen LogP contribution in [0.2, 0.25) is 0 Å². The van der Waals surface area contributed by atoms with Crippen LogP contribution in [0.1, 0.15) is 29.8 Å². The van der Waals surface area contributed by atoms with E-state index in [0.717, 1.165) is 17.8 Å². The molecule has 0 bridgehead atoms. The lowest BCUT2D eigenvalue weighted by molar-refractivity contribution is 0.569. The second-order valence-corrected chi connectivity index (χ2v) is 4.54. The molecule has 1 N–H and O–H groups in total. The standard InChI is InChI=1S/C14H18FN3/c1-10(14-9-17-18(3)11(14)2)16-8-12-4-6-13(15)7-5-12/h4-7,9-10,16H,8H2,1-3H3. The van der Waals surface area contributed by atoms with Crippen molar-refractivity contribution in [3.8, 4) is 0 Å².